The molecule has 84 valence electrons. The molecule has 0 atom stereocenters. The van der Waals surface area contributed by atoms with Gasteiger partial charge in [-0.3, -0.25) is 0 Å². The van der Waals surface area contributed by atoms with E-state index in [1.807, 2.05) is 0 Å². The van der Waals surface area contributed by atoms with Gasteiger partial charge in [-0.2, -0.15) is 0 Å². The first-order valence-electron chi connectivity index (χ1n) is 3.31. The summed E-state index contributed by atoms with van der Waals surface area (Å²) in [5, 5.41) is 0. The Balaban J connectivity index is 3.21. The maximum absolute atomic E-state index is 13.0. The van der Waals surface area contributed by atoms with Crippen molar-refractivity contribution >= 4 is 31.9 Å². The standard InChI is InChI=1S/C7HBr2F5O/c8-2-1-3(15-7(12,13)14)6(11)4(9)5(2)10/h1H. The number of hydrogen-bond acceptors (Lipinski definition) is 1. The van der Waals surface area contributed by atoms with E-state index >= 15 is 0 Å². The highest BCUT2D eigenvalue weighted by molar-refractivity contribution is 9.11. The van der Waals surface area contributed by atoms with E-state index in [0.29, 0.717) is 6.07 Å². The van der Waals surface area contributed by atoms with Gasteiger partial charge in [0.1, 0.15) is 0 Å². The van der Waals surface area contributed by atoms with Crippen molar-refractivity contribution in [3.63, 3.8) is 0 Å². The van der Waals surface area contributed by atoms with Crippen molar-refractivity contribution in [1.29, 1.82) is 0 Å². The van der Waals surface area contributed by atoms with Gasteiger partial charge in [0.05, 0.1) is 8.95 Å². The van der Waals surface area contributed by atoms with E-state index in [0.717, 1.165) is 0 Å². The monoisotopic (exact) mass is 354 g/mol. The second-order valence-electron chi connectivity index (χ2n) is 2.35. The lowest BCUT2D eigenvalue weighted by molar-refractivity contribution is -0.275. The van der Waals surface area contributed by atoms with Crippen molar-refractivity contribution in [3.8, 4) is 5.75 Å². The van der Waals surface area contributed by atoms with E-state index in [9.17, 15) is 22.0 Å². The van der Waals surface area contributed by atoms with Gasteiger partial charge >= 0.3 is 6.36 Å². The molecule has 0 aliphatic carbocycles. The Bertz CT molecular complexity index is 390. The molecule has 0 fully saturated rings. The van der Waals surface area contributed by atoms with E-state index in [2.05, 4.69) is 36.6 Å². The van der Waals surface area contributed by atoms with Gasteiger partial charge in [-0.1, -0.05) is 0 Å². The molecule has 0 bridgehead atoms. The summed E-state index contributed by atoms with van der Waals surface area (Å²) in [6.45, 7) is 0. The molecule has 0 unspecified atom stereocenters. The van der Waals surface area contributed by atoms with Gasteiger partial charge in [0, 0.05) is 6.07 Å². The molecule has 0 heterocycles. The quantitative estimate of drug-likeness (QED) is 0.412. The Hall–Kier alpha value is -0.370. The molecule has 0 amide bonds. The van der Waals surface area contributed by atoms with Crippen LogP contribution in [-0.4, -0.2) is 6.36 Å². The second kappa shape index (κ2) is 4.25. The Morgan fingerprint density at radius 3 is 2.07 bits per heavy atom. The van der Waals surface area contributed by atoms with Crippen LogP contribution in [-0.2, 0) is 0 Å². The highest BCUT2D eigenvalue weighted by Crippen LogP contribution is 2.35. The summed E-state index contributed by atoms with van der Waals surface area (Å²) in [5.74, 6) is -3.60. The largest absolute Gasteiger partial charge is 0.573 e. The van der Waals surface area contributed by atoms with Crippen molar-refractivity contribution in [3.05, 3.63) is 26.6 Å². The average Bonchev–Trinajstić information content (AvgIpc) is 2.08. The zero-order chi connectivity index (χ0) is 11.8. The normalized spacial score (nSPS) is 11.7. The predicted octanol–water partition coefficient (Wildman–Crippen LogP) is 4.39. The maximum Gasteiger partial charge on any atom is 0.573 e. The van der Waals surface area contributed by atoms with E-state index in [1.165, 1.54) is 0 Å². The summed E-state index contributed by atoms with van der Waals surface area (Å²) in [4.78, 5) is 0. The van der Waals surface area contributed by atoms with Crippen molar-refractivity contribution in [1.82, 2.24) is 0 Å². The Morgan fingerprint density at radius 2 is 1.60 bits per heavy atom. The summed E-state index contributed by atoms with van der Waals surface area (Å²) in [6.07, 6.45) is -5.03. The first-order valence-corrected chi connectivity index (χ1v) is 4.89. The van der Waals surface area contributed by atoms with E-state index in [-0.39, 0.29) is 4.47 Å². The smallest absolute Gasteiger partial charge is 0.403 e. The minimum Gasteiger partial charge on any atom is -0.403 e. The number of halogens is 7. The lowest BCUT2D eigenvalue weighted by Gasteiger charge is -2.11. The third-order valence-corrected chi connectivity index (χ3v) is 2.57. The SMILES string of the molecule is Fc1c(Br)cc(OC(F)(F)F)c(F)c1Br. The van der Waals surface area contributed by atoms with Gasteiger partial charge in [-0.15, -0.1) is 13.2 Å². The van der Waals surface area contributed by atoms with Crippen LogP contribution in [0.1, 0.15) is 0 Å². The van der Waals surface area contributed by atoms with Crippen LogP contribution >= 0.6 is 31.9 Å². The van der Waals surface area contributed by atoms with Crippen molar-refractivity contribution in [2.75, 3.05) is 0 Å². The molecule has 8 heteroatoms. The van der Waals surface area contributed by atoms with E-state index in [1.54, 1.807) is 0 Å². The Kier molecular flexibility index (Phi) is 3.59. The van der Waals surface area contributed by atoms with Crippen LogP contribution in [0.2, 0.25) is 0 Å². The average molecular weight is 356 g/mol. The molecule has 0 N–H and O–H groups in total. The zero-order valence-electron chi connectivity index (χ0n) is 6.63. The zero-order valence-corrected chi connectivity index (χ0v) is 9.80. The minimum absolute atomic E-state index is 0.338. The molecule has 1 aromatic rings. The second-order valence-corrected chi connectivity index (χ2v) is 3.99. The van der Waals surface area contributed by atoms with Crippen LogP contribution < -0.4 is 4.74 Å². The molecule has 0 spiro atoms. The van der Waals surface area contributed by atoms with Gasteiger partial charge in [0.2, 0.25) is 0 Å². The highest BCUT2D eigenvalue weighted by atomic mass is 79.9. The van der Waals surface area contributed by atoms with Crippen molar-refractivity contribution in [2.24, 2.45) is 0 Å². The topological polar surface area (TPSA) is 9.23 Å². The van der Waals surface area contributed by atoms with E-state index < -0.39 is 28.2 Å². The molecule has 1 nitrogen and oxygen atoms in total. The third kappa shape index (κ3) is 3.04. The number of ether oxygens (including phenoxy) is 1. The first-order chi connectivity index (χ1) is 6.72. The van der Waals surface area contributed by atoms with Gasteiger partial charge < -0.3 is 4.74 Å². The fourth-order valence-corrected chi connectivity index (χ4v) is 1.83. The fourth-order valence-electron chi connectivity index (χ4n) is 0.750. The van der Waals surface area contributed by atoms with Crippen LogP contribution in [0.25, 0.3) is 0 Å². The summed E-state index contributed by atoms with van der Waals surface area (Å²) < 4.78 is 63.6. The van der Waals surface area contributed by atoms with Crippen LogP contribution in [0.4, 0.5) is 22.0 Å². The number of hydrogen-bond donors (Lipinski definition) is 0. The molecular weight excluding hydrogens is 355 g/mol. The molecule has 0 aliphatic rings. The lowest BCUT2D eigenvalue weighted by Crippen LogP contribution is -2.18. The molecule has 1 aromatic carbocycles. The fraction of sp³-hybridized carbons (Fsp3) is 0.143. The number of benzene rings is 1. The lowest BCUT2D eigenvalue weighted by atomic mass is 10.3. The first kappa shape index (κ1) is 12.7. The molecule has 0 saturated carbocycles. The van der Waals surface area contributed by atoms with Gasteiger partial charge in [0.25, 0.3) is 0 Å². The molecule has 0 radical (unpaired) electrons. The molecule has 1 rings (SSSR count). The van der Waals surface area contributed by atoms with Crippen LogP contribution in [0.3, 0.4) is 0 Å². The third-order valence-electron chi connectivity index (χ3n) is 1.29. The molecule has 0 aromatic heterocycles. The summed E-state index contributed by atoms with van der Waals surface area (Å²) in [5.41, 5.74) is 0. The van der Waals surface area contributed by atoms with Crippen LogP contribution in [0.5, 0.6) is 5.75 Å². The van der Waals surface area contributed by atoms with Gasteiger partial charge in [-0.05, 0) is 31.9 Å². The van der Waals surface area contributed by atoms with Crippen LogP contribution in [0.15, 0.2) is 15.0 Å². The molecule has 0 aliphatic heterocycles. The van der Waals surface area contributed by atoms with Gasteiger partial charge in [0.15, 0.2) is 17.4 Å². The number of alkyl halides is 3. The van der Waals surface area contributed by atoms with Crippen LogP contribution in [0, 0.1) is 11.6 Å². The van der Waals surface area contributed by atoms with Crippen molar-refractivity contribution < 1.29 is 26.7 Å². The van der Waals surface area contributed by atoms with Crippen molar-refractivity contribution in [2.45, 2.75) is 6.36 Å². The summed E-state index contributed by atoms with van der Waals surface area (Å²) in [6, 6.07) is 0.558. The predicted molar refractivity (Wildman–Crippen MR) is 48.4 cm³/mol. The highest BCUT2D eigenvalue weighted by Gasteiger charge is 2.33. The molecule has 0 saturated heterocycles. The Labute approximate surface area is 97.5 Å². The summed E-state index contributed by atoms with van der Waals surface area (Å²) in [7, 11) is 0. The molecular formula is C7HBr2F5O. The minimum atomic E-state index is -5.03. The maximum atomic E-state index is 13.0. The summed E-state index contributed by atoms with van der Waals surface area (Å²) >= 11 is 5.08. The number of rotatable bonds is 1. The Morgan fingerprint density at radius 1 is 1.07 bits per heavy atom. The van der Waals surface area contributed by atoms with E-state index in [4.69, 9.17) is 0 Å². The van der Waals surface area contributed by atoms with Gasteiger partial charge in [-0.25, -0.2) is 8.78 Å². The molecule has 15 heavy (non-hydrogen) atoms.